The maximum atomic E-state index is 12.3. The molecule has 0 radical (unpaired) electrons. The molecule has 0 unspecified atom stereocenters. The van der Waals surface area contributed by atoms with Crippen LogP contribution in [0.4, 0.5) is 0 Å². The van der Waals surface area contributed by atoms with Gasteiger partial charge in [-0.1, -0.05) is 17.7 Å². The largest absolute Gasteiger partial charge is 0.324 e. The molecular weight excluding hydrogens is 264 g/mol. The Balaban J connectivity index is 2.42. The number of nitrogens with two attached hydrogens (primary N) is 1. The second kappa shape index (κ2) is 4.99. The summed E-state index contributed by atoms with van der Waals surface area (Å²) in [6.07, 6.45) is 2.63. The molecule has 0 bridgehead atoms. The molecule has 0 fully saturated rings. The normalized spacial score (nSPS) is 11.5. The maximum Gasteiger partial charge on any atom is 0.267 e. The van der Waals surface area contributed by atoms with Gasteiger partial charge in [0.2, 0.25) is 0 Å². The number of hydrogen-bond donors (Lipinski definition) is 1. The van der Waals surface area contributed by atoms with Crippen molar-refractivity contribution in [3.05, 3.63) is 53.9 Å². The van der Waals surface area contributed by atoms with E-state index in [4.69, 9.17) is 5.73 Å². The van der Waals surface area contributed by atoms with Gasteiger partial charge < -0.3 is 5.73 Å². The minimum Gasteiger partial charge on any atom is -0.324 e. The molecular formula is C13H14N2O3S. The molecule has 1 heterocycles. The summed E-state index contributed by atoms with van der Waals surface area (Å²) in [5.41, 5.74) is 6.51. The molecule has 0 aliphatic rings. The highest BCUT2D eigenvalue weighted by molar-refractivity contribution is 7.90. The van der Waals surface area contributed by atoms with E-state index in [1.165, 1.54) is 30.6 Å². The van der Waals surface area contributed by atoms with Crippen molar-refractivity contribution in [1.82, 2.24) is 3.97 Å². The fourth-order valence-corrected chi connectivity index (χ4v) is 2.84. The summed E-state index contributed by atoms with van der Waals surface area (Å²) >= 11 is 0. The maximum absolute atomic E-state index is 12.3. The van der Waals surface area contributed by atoms with Crippen LogP contribution >= 0.6 is 0 Å². The van der Waals surface area contributed by atoms with E-state index in [-0.39, 0.29) is 22.8 Å². The number of Topliss-reactive ketones (excluding diaryl/α,β-unsaturated/α-hetero) is 1. The average molecular weight is 278 g/mol. The number of carbonyl (C=O) groups excluding carboxylic acids is 1. The fourth-order valence-electron chi connectivity index (χ4n) is 1.64. The van der Waals surface area contributed by atoms with E-state index >= 15 is 0 Å². The zero-order chi connectivity index (χ0) is 14.0. The molecule has 0 aliphatic heterocycles. The number of nitrogens with zero attached hydrogens (tertiary/aromatic N) is 1. The molecule has 1 aromatic carbocycles. The molecule has 2 aromatic rings. The third-order valence-electron chi connectivity index (χ3n) is 2.77. The van der Waals surface area contributed by atoms with Crippen LogP contribution in [0.25, 0.3) is 0 Å². The number of aryl methyl sites for hydroxylation is 1. The third kappa shape index (κ3) is 2.59. The van der Waals surface area contributed by atoms with Gasteiger partial charge in [-0.2, -0.15) is 0 Å². The van der Waals surface area contributed by atoms with E-state index in [9.17, 15) is 13.2 Å². The first kappa shape index (κ1) is 13.5. The quantitative estimate of drug-likeness (QED) is 0.851. The molecule has 2 rings (SSSR count). The van der Waals surface area contributed by atoms with Gasteiger partial charge in [0.05, 0.1) is 11.4 Å². The Bertz CT molecular complexity index is 700. The van der Waals surface area contributed by atoms with E-state index in [2.05, 4.69) is 0 Å². The van der Waals surface area contributed by atoms with E-state index < -0.39 is 10.0 Å². The summed E-state index contributed by atoms with van der Waals surface area (Å²) in [4.78, 5) is 11.6. The first-order valence-corrected chi connectivity index (χ1v) is 7.12. The van der Waals surface area contributed by atoms with Crippen LogP contribution in [-0.4, -0.2) is 24.7 Å². The molecule has 0 aliphatic carbocycles. The van der Waals surface area contributed by atoms with E-state index in [1.807, 2.05) is 6.92 Å². The first-order valence-electron chi connectivity index (χ1n) is 5.68. The summed E-state index contributed by atoms with van der Waals surface area (Å²) in [7, 11) is -3.65. The summed E-state index contributed by atoms with van der Waals surface area (Å²) in [5, 5.41) is 0. The highest BCUT2D eigenvalue weighted by atomic mass is 32.2. The van der Waals surface area contributed by atoms with Crippen molar-refractivity contribution in [3.8, 4) is 0 Å². The molecule has 0 amide bonds. The van der Waals surface area contributed by atoms with Crippen LogP contribution in [-0.2, 0) is 10.0 Å². The SMILES string of the molecule is Cc1ccc(S(=O)(=O)n2ccc(C(=O)CN)c2)cc1. The van der Waals surface area contributed by atoms with Crippen LogP contribution in [0.15, 0.2) is 47.6 Å². The number of rotatable bonds is 4. The number of benzene rings is 1. The highest BCUT2D eigenvalue weighted by Crippen LogP contribution is 2.16. The van der Waals surface area contributed by atoms with Gasteiger partial charge >= 0.3 is 0 Å². The van der Waals surface area contributed by atoms with Gasteiger partial charge in [-0.3, -0.25) is 4.79 Å². The Morgan fingerprint density at radius 2 is 1.84 bits per heavy atom. The zero-order valence-electron chi connectivity index (χ0n) is 10.4. The molecule has 0 atom stereocenters. The molecule has 2 N–H and O–H groups in total. The van der Waals surface area contributed by atoms with Crippen molar-refractivity contribution < 1.29 is 13.2 Å². The summed E-state index contributed by atoms with van der Waals surface area (Å²) in [6.45, 7) is 1.73. The van der Waals surface area contributed by atoms with Gasteiger partial charge in [-0.05, 0) is 25.1 Å². The van der Waals surface area contributed by atoms with Crippen molar-refractivity contribution in [2.24, 2.45) is 5.73 Å². The topological polar surface area (TPSA) is 82.2 Å². The number of carbonyl (C=O) groups is 1. The van der Waals surface area contributed by atoms with E-state index in [0.29, 0.717) is 0 Å². The van der Waals surface area contributed by atoms with Crippen LogP contribution < -0.4 is 5.73 Å². The van der Waals surface area contributed by atoms with Crippen LogP contribution in [0.3, 0.4) is 0 Å². The summed E-state index contributed by atoms with van der Waals surface area (Å²) in [5.74, 6) is -0.294. The molecule has 1 aromatic heterocycles. The predicted octanol–water partition coefficient (Wildman–Crippen LogP) is 1.17. The van der Waals surface area contributed by atoms with Crippen LogP contribution in [0.5, 0.6) is 0 Å². The zero-order valence-corrected chi connectivity index (χ0v) is 11.2. The molecule has 0 saturated heterocycles. The Hall–Kier alpha value is -1.92. The van der Waals surface area contributed by atoms with Crippen molar-refractivity contribution in [2.75, 3.05) is 6.54 Å². The lowest BCUT2D eigenvalue weighted by Gasteiger charge is -2.05. The molecule has 6 heteroatoms. The van der Waals surface area contributed by atoms with Crippen molar-refractivity contribution >= 4 is 15.8 Å². The Labute approximate surface area is 111 Å². The number of ketones is 1. The van der Waals surface area contributed by atoms with E-state index in [1.54, 1.807) is 12.1 Å². The predicted molar refractivity (Wildman–Crippen MR) is 71.6 cm³/mol. The minimum absolute atomic E-state index is 0.144. The van der Waals surface area contributed by atoms with Crippen LogP contribution in [0.1, 0.15) is 15.9 Å². The Morgan fingerprint density at radius 1 is 1.21 bits per heavy atom. The molecule has 5 nitrogen and oxygen atoms in total. The molecule has 0 saturated carbocycles. The standard InChI is InChI=1S/C13H14N2O3S/c1-10-2-4-12(5-3-10)19(17,18)15-7-6-11(9-15)13(16)8-14/h2-7,9H,8,14H2,1H3. The highest BCUT2D eigenvalue weighted by Gasteiger charge is 2.17. The molecule has 100 valence electrons. The Kier molecular flexibility index (Phi) is 3.55. The molecule has 19 heavy (non-hydrogen) atoms. The van der Waals surface area contributed by atoms with Crippen LogP contribution in [0, 0.1) is 6.92 Å². The minimum atomic E-state index is -3.65. The monoisotopic (exact) mass is 278 g/mol. The van der Waals surface area contributed by atoms with Gasteiger partial charge in [0.25, 0.3) is 10.0 Å². The lowest BCUT2D eigenvalue weighted by molar-refractivity contribution is 0.100. The van der Waals surface area contributed by atoms with Gasteiger partial charge in [0, 0.05) is 18.0 Å². The third-order valence-corrected chi connectivity index (χ3v) is 4.42. The smallest absolute Gasteiger partial charge is 0.267 e. The lowest BCUT2D eigenvalue weighted by Crippen LogP contribution is -2.14. The second-order valence-corrected chi connectivity index (χ2v) is 6.02. The van der Waals surface area contributed by atoms with Gasteiger partial charge in [0.15, 0.2) is 5.78 Å². The first-order chi connectivity index (χ1) is 8.95. The van der Waals surface area contributed by atoms with E-state index in [0.717, 1.165) is 9.54 Å². The van der Waals surface area contributed by atoms with Crippen molar-refractivity contribution in [3.63, 3.8) is 0 Å². The van der Waals surface area contributed by atoms with Gasteiger partial charge in [0.1, 0.15) is 0 Å². The van der Waals surface area contributed by atoms with Crippen molar-refractivity contribution in [1.29, 1.82) is 0 Å². The summed E-state index contributed by atoms with van der Waals surface area (Å²) < 4.78 is 25.6. The number of hydrogen-bond acceptors (Lipinski definition) is 4. The fraction of sp³-hybridized carbons (Fsp3) is 0.154. The Morgan fingerprint density at radius 3 is 2.42 bits per heavy atom. The number of aromatic nitrogens is 1. The average Bonchev–Trinajstić information content (AvgIpc) is 2.88. The van der Waals surface area contributed by atoms with Crippen LogP contribution in [0.2, 0.25) is 0 Å². The summed E-state index contributed by atoms with van der Waals surface area (Å²) in [6, 6.07) is 7.97. The molecule has 0 spiro atoms. The van der Waals surface area contributed by atoms with Gasteiger partial charge in [-0.15, -0.1) is 0 Å². The lowest BCUT2D eigenvalue weighted by atomic mass is 10.2. The van der Waals surface area contributed by atoms with Crippen molar-refractivity contribution in [2.45, 2.75) is 11.8 Å². The van der Waals surface area contributed by atoms with Gasteiger partial charge in [-0.25, -0.2) is 12.4 Å². The second-order valence-electron chi connectivity index (χ2n) is 4.18.